The number of nitrogens with zero attached hydrogens (tertiary/aromatic N) is 1. The molecule has 1 atom stereocenters. The van der Waals surface area contributed by atoms with E-state index in [1.165, 1.54) is 0 Å². The molecule has 1 heterocycles. The molecule has 0 aromatic carbocycles. The van der Waals surface area contributed by atoms with Crippen LogP contribution in [-0.4, -0.2) is 30.1 Å². The molecule has 19 heavy (non-hydrogen) atoms. The van der Waals surface area contributed by atoms with E-state index in [0.29, 0.717) is 0 Å². The molecule has 1 unspecified atom stereocenters. The van der Waals surface area contributed by atoms with E-state index in [0.717, 1.165) is 25.9 Å². The predicted molar refractivity (Wildman–Crippen MR) is 80.1 cm³/mol. The van der Waals surface area contributed by atoms with Crippen LogP contribution in [0.15, 0.2) is 0 Å². The summed E-state index contributed by atoms with van der Waals surface area (Å²) in [5.41, 5.74) is -0.132. The van der Waals surface area contributed by atoms with Crippen LogP contribution in [0.25, 0.3) is 0 Å². The standard InChI is InChI=1S/C16H28N2O/c1-15(2,3)10-9-13(16(4,5)6)19-14(17)18-11-7-8-12-18/h13,17H,7-8,11-12H2,1-6H3. The number of nitrogens with one attached hydrogen (secondary N) is 1. The Morgan fingerprint density at radius 2 is 1.63 bits per heavy atom. The van der Waals surface area contributed by atoms with Gasteiger partial charge in [-0.15, -0.1) is 0 Å². The Hall–Kier alpha value is -1.17. The molecule has 1 fully saturated rings. The van der Waals surface area contributed by atoms with Gasteiger partial charge in [0.1, 0.15) is 0 Å². The SMILES string of the molecule is CC(C)(C)C#CC(OC(=N)N1CCCC1)C(C)(C)C. The van der Waals surface area contributed by atoms with Crippen LogP contribution < -0.4 is 0 Å². The molecule has 0 aromatic heterocycles. The van der Waals surface area contributed by atoms with E-state index in [1.807, 2.05) is 4.90 Å². The van der Waals surface area contributed by atoms with Gasteiger partial charge >= 0.3 is 0 Å². The van der Waals surface area contributed by atoms with Gasteiger partial charge in [0.05, 0.1) is 0 Å². The fraction of sp³-hybridized carbons (Fsp3) is 0.812. The highest BCUT2D eigenvalue weighted by atomic mass is 16.5. The van der Waals surface area contributed by atoms with E-state index in [-0.39, 0.29) is 23.0 Å². The minimum atomic E-state index is -0.236. The first-order chi connectivity index (χ1) is 8.59. The average Bonchev–Trinajstić information content (AvgIpc) is 2.73. The van der Waals surface area contributed by atoms with Gasteiger partial charge in [-0.2, -0.15) is 0 Å². The van der Waals surface area contributed by atoms with E-state index >= 15 is 0 Å². The zero-order chi connectivity index (χ0) is 14.7. The van der Waals surface area contributed by atoms with Gasteiger partial charge in [-0.3, -0.25) is 5.41 Å². The summed E-state index contributed by atoms with van der Waals surface area (Å²) in [7, 11) is 0. The van der Waals surface area contributed by atoms with Crippen molar-refractivity contribution >= 4 is 6.02 Å². The van der Waals surface area contributed by atoms with Crippen molar-refractivity contribution in [2.75, 3.05) is 13.1 Å². The fourth-order valence-corrected chi connectivity index (χ4v) is 1.81. The Balaban J connectivity index is 2.74. The Morgan fingerprint density at radius 3 is 2.05 bits per heavy atom. The average molecular weight is 264 g/mol. The van der Waals surface area contributed by atoms with Gasteiger partial charge in [-0.1, -0.05) is 32.6 Å². The lowest BCUT2D eigenvalue weighted by Crippen LogP contribution is -2.37. The zero-order valence-corrected chi connectivity index (χ0v) is 13.3. The summed E-state index contributed by atoms with van der Waals surface area (Å²) in [4.78, 5) is 2.00. The molecule has 0 saturated carbocycles. The maximum absolute atomic E-state index is 8.07. The quantitative estimate of drug-likeness (QED) is 0.447. The fourth-order valence-electron chi connectivity index (χ4n) is 1.81. The summed E-state index contributed by atoms with van der Waals surface area (Å²) in [5.74, 6) is 6.45. The van der Waals surface area contributed by atoms with E-state index < -0.39 is 0 Å². The molecule has 0 radical (unpaired) electrons. The first-order valence-electron chi connectivity index (χ1n) is 7.12. The smallest absolute Gasteiger partial charge is 0.285 e. The number of hydrogen-bond acceptors (Lipinski definition) is 2. The lowest BCUT2D eigenvalue weighted by Gasteiger charge is -2.30. The molecular weight excluding hydrogens is 236 g/mol. The van der Waals surface area contributed by atoms with Crippen molar-refractivity contribution in [3.8, 4) is 11.8 Å². The van der Waals surface area contributed by atoms with E-state index in [2.05, 4.69) is 53.4 Å². The van der Waals surface area contributed by atoms with Crippen LogP contribution >= 0.6 is 0 Å². The highest BCUT2D eigenvalue weighted by Gasteiger charge is 2.28. The van der Waals surface area contributed by atoms with Crippen LogP contribution in [0.1, 0.15) is 54.4 Å². The third kappa shape index (κ3) is 5.55. The molecule has 3 nitrogen and oxygen atoms in total. The summed E-state index contributed by atoms with van der Waals surface area (Å²) in [6.07, 6.45) is 2.07. The van der Waals surface area contributed by atoms with Crippen LogP contribution in [0.5, 0.6) is 0 Å². The molecule has 3 heteroatoms. The molecule has 0 aromatic rings. The molecular formula is C16H28N2O. The van der Waals surface area contributed by atoms with Gasteiger partial charge in [0.2, 0.25) is 0 Å². The second kappa shape index (κ2) is 5.86. The summed E-state index contributed by atoms with van der Waals surface area (Å²) in [6, 6.07) is 0.278. The number of hydrogen-bond donors (Lipinski definition) is 1. The van der Waals surface area contributed by atoms with Crippen LogP contribution in [0, 0.1) is 28.1 Å². The first-order valence-corrected chi connectivity index (χ1v) is 7.12. The number of amidine groups is 1. The largest absolute Gasteiger partial charge is 0.448 e. The molecule has 1 saturated heterocycles. The molecule has 1 rings (SSSR count). The topological polar surface area (TPSA) is 36.3 Å². The minimum absolute atomic E-state index is 0.0390. The van der Waals surface area contributed by atoms with Crippen molar-refractivity contribution in [2.45, 2.75) is 60.5 Å². The summed E-state index contributed by atoms with van der Waals surface area (Å²) >= 11 is 0. The van der Waals surface area contributed by atoms with E-state index in [9.17, 15) is 0 Å². The van der Waals surface area contributed by atoms with Crippen LogP contribution in [0.3, 0.4) is 0 Å². The van der Waals surface area contributed by atoms with Crippen molar-refractivity contribution < 1.29 is 4.74 Å². The maximum Gasteiger partial charge on any atom is 0.285 e. The summed E-state index contributed by atoms with van der Waals surface area (Å²) < 4.78 is 5.83. The lowest BCUT2D eigenvalue weighted by molar-refractivity contribution is 0.102. The van der Waals surface area contributed by atoms with Crippen molar-refractivity contribution in [2.24, 2.45) is 10.8 Å². The Kier molecular flexibility index (Phi) is 4.90. The van der Waals surface area contributed by atoms with Gasteiger partial charge in [-0.25, -0.2) is 0 Å². The Labute approximate surface area is 118 Å². The number of likely N-dealkylation sites (tertiary alicyclic amines) is 1. The molecule has 0 aliphatic carbocycles. The van der Waals surface area contributed by atoms with Gasteiger partial charge in [0, 0.05) is 23.9 Å². The van der Waals surface area contributed by atoms with E-state index in [4.69, 9.17) is 10.1 Å². The minimum Gasteiger partial charge on any atom is -0.448 e. The molecule has 1 N–H and O–H groups in total. The van der Waals surface area contributed by atoms with Crippen LogP contribution in [0.2, 0.25) is 0 Å². The monoisotopic (exact) mass is 264 g/mol. The van der Waals surface area contributed by atoms with Crippen LogP contribution in [0.4, 0.5) is 0 Å². The highest BCUT2D eigenvalue weighted by molar-refractivity contribution is 5.71. The van der Waals surface area contributed by atoms with Crippen molar-refractivity contribution in [3.63, 3.8) is 0 Å². The zero-order valence-electron chi connectivity index (χ0n) is 13.3. The second-order valence-electron chi connectivity index (χ2n) is 7.38. The molecule has 1 aliphatic rings. The number of ether oxygens (including phenoxy) is 1. The van der Waals surface area contributed by atoms with Crippen molar-refractivity contribution in [1.82, 2.24) is 4.90 Å². The predicted octanol–water partition coefficient (Wildman–Crippen LogP) is 3.50. The summed E-state index contributed by atoms with van der Waals surface area (Å²) in [5, 5.41) is 8.07. The Bertz CT molecular complexity index is 370. The summed E-state index contributed by atoms with van der Waals surface area (Å²) in [6.45, 7) is 14.4. The van der Waals surface area contributed by atoms with Gasteiger partial charge in [-0.05, 0) is 33.6 Å². The molecule has 0 amide bonds. The third-order valence-electron chi connectivity index (χ3n) is 2.99. The normalized spacial score (nSPS) is 17.7. The first kappa shape index (κ1) is 15.9. The van der Waals surface area contributed by atoms with Crippen molar-refractivity contribution in [1.29, 1.82) is 5.41 Å². The van der Waals surface area contributed by atoms with Gasteiger partial charge in [0.15, 0.2) is 6.10 Å². The van der Waals surface area contributed by atoms with Crippen LogP contribution in [-0.2, 0) is 4.74 Å². The second-order valence-corrected chi connectivity index (χ2v) is 7.38. The van der Waals surface area contributed by atoms with Gasteiger partial charge < -0.3 is 9.64 Å². The van der Waals surface area contributed by atoms with E-state index in [1.54, 1.807) is 0 Å². The van der Waals surface area contributed by atoms with Crippen molar-refractivity contribution in [3.05, 3.63) is 0 Å². The molecule has 0 spiro atoms. The molecule has 1 aliphatic heterocycles. The van der Waals surface area contributed by atoms with Gasteiger partial charge in [0.25, 0.3) is 6.02 Å². The highest BCUT2D eigenvalue weighted by Crippen LogP contribution is 2.24. The third-order valence-corrected chi connectivity index (χ3v) is 2.99. The number of rotatable bonds is 1. The Morgan fingerprint density at radius 1 is 1.11 bits per heavy atom. The molecule has 0 bridgehead atoms. The molecule has 108 valence electrons. The maximum atomic E-state index is 8.07. The lowest BCUT2D eigenvalue weighted by atomic mass is 9.88.